The summed E-state index contributed by atoms with van der Waals surface area (Å²) in [5.74, 6) is 1.60. The second-order valence-electron chi connectivity index (χ2n) is 8.19. The van der Waals surface area contributed by atoms with Crippen LogP contribution in [0.3, 0.4) is 0 Å². The van der Waals surface area contributed by atoms with E-state index in [1.165, 1.54) is 12.5 Å². The minimum Gasteiger partial charge on any atom is -0.366 e. The van der Waals surface area contributed by atoms with Crippen molar-refractivity contribution < 1.29 is 9.18 Å². The summed E-state index contributed by atoms with van der Waals surface area (Å²) in [6, 6.07) is 6.86. The lowest BCUT2D eigenvalue weighted by atomic mass is 9.98. The number of anilines is 1. The molecule has 2 aliphatic heterocycles. The van der Waals surface area contributed by atoms with Gasteiger partial charge in [0, 0.05) is 51.7 Å². The highest BCUT2D eigenvalue weighted by atomic mass is 19.1. The molecule has 0 saturated carbocycles. The van der Waals surface area contributed by atoms with Crippen molar-refractivity contribution in [2.75, 3.05) is 50.7 Å². The standard InChI is InChI=1S/C22H30FN5O/c1-18-24-8-10-28(18)16-19-5-4-9-25(15-19)17-22(29)27-13-11-26(12-14-27)21-7-3-2-6-20(21)23/h2-3,6-8,10,19H,4-5,9,11-17H2,1H3/t19-/m0/s1. The van der Waals surface area contributed by atoms with E-state index in [4.69, 9.17) is 0 Å². The SMILES string of the molecule is Cc1nccn1C[C@H]1CCCN(CC(=O)N2CCN(c3ccccc3F)CC2)C1. The first-order valence-electron chi connectivity index (χ1n) is 10.6. The molecule has 1 amide bonds. The van der Waals surface area contributed by atoms with Crippen LogP contribution in [-0.2, 0) is 11.3 Å². The van der Waals surface area contributed by atoms with Crippen molar-refractivity contribution in [1.29, 1.82) is 0 Å². The lowest BCUT2D eigenvalue weighted by Gasteiger charge is -2.38. The third-order valence-electron chi connectivity index (χ3n) is 6.17. The van der Waals surface area contributed by atoms with Crippen LogP contribution in [0, 0.1) is 18.7 Å². The molecule has 2 fully saturated rings. The van der Waals surface area contributed by atoms with E-state index in [0.29, 0.717) is 44.3 Å². The van der Waals surface area contributed by atoms with Gasteiger partial charge in [0.15, 0.2) is 0 Å². The zero-order chi connectivity index (χ0) is 20.2. The molecule has 0 spiro atoms. The molecule has 3 heterocycles. The fourth-order valence-corrected chi connectivity index (χ4v) is 4.51. The van der Waals surface area contributed by atoms with E-state index in [-0.39, 0.29) is 11.7 Å². The summed E-state index contributed by atoms with van der Waals surface area (Å²) in [5.41, 5.74) is 0.633. The zero-order valence-corrected chi connectivity index (χ0v) is 17.1. The number of piperidine rings is 1. The van der Waals surface area contributed by atoms with Crippen molar-refractivity contribution in [3.63, 3.8) is 0 Å². The summed E-state index contributed by atoms with van der Waals surface area (Å²) in [6.45, 7) is 8.09. The minimum absolute atomic E-state index is 0.192. The van der Waals surface area contributed by atoms with Gasteiger partial charge in [0.2, 0.25) is 5.91 Å². The molecule has 1 atom stereocenters. The quantitative estimate of drug-likeness (QED) is 0.775. The largest absolute Gasteiger partial charge is 0.366 e. The van der Waals surface area contributed by atoms with Crippen LogP contribution in [0.4, 0.5) is 10.1 Å². The summed E-state index contributed by atoms with van der Waals surface area (Å²) in [5, 5.41) is 0. The maximum Gasteiger partial charge on any atom is 0.236 e. The second kappa shape index (κ2) is 8.95. The topological polar surface area (TPSA) is 44.6 Å². The van der Waals surface area contributed by atoms with Gasteiger partial charge in [0.1, 0.15) is 11.6 Å². The van der Waals surface area contributed by atoms with Gasteiger partial charge in [-0.25, -0.2) is 9.37 Å². The number of aromatic nitrogens is 2. The number of likely N-dealkylation sites (tertiary alicyclic amines) is 1. The Morgan fingerprint density at radius 2 is 1.97 bits per heavy atom. The lowest BCUT2D eigenvalue weighted by Crippen LogP contribution is -2.52. The fourth-order valence-electron chi connectivity index (χ4n) is 4.51. The van der Waals surface area contributed by atoms with E-state index in [1.54, 1.807) is 6.07 Å². The summed E-state index contributed by atoms with van der Waals surface area (Å²) in [4.78, 5) is 23.4. The number of halogens is 1. The number of hydrogen-bond donors (Lipinski definition) is 0. The molecule has 156 valence electrons. The Labute approximate surface area is 171 Å². The summed E-state index contributed by atoms with van der Waals surface area (Å²) in [6.07, 6.45) is 6.21. The number of aryl methyl sites for hydroxylation is 1. The average Bonchev–Trinajstić information content (AvgIpc) is 3.13. The molecule has 29 heavy (non-hydrogen) atoms. The molecular formula is C22H30FN5O. The van der Waals surface area contributed by atoms with E-state index in [0.717, 1.165) is 31.9 Å². The molecule has 2 aliphatic rings. The zero-order valence-electron chi connectivity index (χ0n) is 17.1. The molecule has 6 nitrogen and oxygen atoms in total. The van der Waals surface area contributed by atoms with Crippen LogP contribution in [0.2, 0.25) is 0 Å². The second-order valence-corrected chi connectivity index (χ2v) is 8.19. The van der Waals surface area contributed by atoms with Gasteiger partial charge < -0.3 is 14.4 Å². The number of nitrogens with zero attached hydrogens (tertiary/aromatic N) is 5. The van der Waals surface area contributed by atoms with Crippen LogP contribution in [0.1, 0.15) is 18.7 Å². The van der Waals surface area contributed by atoms with Crippen LogP contribution in [0.25, 0.3) is 0 Å². The molecule has 4 rings (SSSR count). The van der Waals surface area contributed by atoms with Gasteiger partial charge in [-0.3, -0.25) is 9.69 Å². The van der Waals surface area contributed by atoms with Gasteiger partial charge in [-0.1, -0.05) is 12.1 Å². The van der Waals surface area contributed by atoms with E-state index < -0.39 is 0 Å². The average molecular weight is 400 g/mol. The van der Waals surface area contributed by atoms with Gasteiger partial charge >= 0.3 is 0 Å². The fraction of sp³-hybridized carbons (Fsp3) is 0.545. The predicted octanol–water partition coefficient (Wildman–Crippen LogP) is 2.39. The van der Waals surface area contributed by atoms with Crippen molar-refractivity contribution in [2.45, 2.75) is 26.3 Å². The van der Waals surface area contributed by atoms with E-state index >= 15 is 0 Å². The molecule has 7 heteroatoms. The number of carbonyl (C=O) groups is 1. The highest BCUT2D eigenvalue weighted by molar-refractivity contribution is 5.78. The summed E-state index contributed by atoms with van der Waals surface area (Å²) >= 11 is 0. The van der Waals surface area contributed by atoms with E-state index in [2.05, 4.69) is 14.5 Å². The van der Waals surface area contributed by atoms with E-state index in [1.807, 2.05) is 41.2 Å². The molecule has 1 aromatic carbocycles. The maximum atomic E-state index is 14.0. The number of hydrogen-bond acceptors (Lipinski definition) is 4. The first-order valence-corrected chi connectivity index (χ1v) is 10.6. The van der Waals surface area contributed by atoms with Crippen LogP contribution >= 0.6 is 0 Å². The van der Waals surface area contributed by atoms with Gasteiger partial charge in [-0.15, -0.1) is 0 Å². The number of rotatable bonds is 5. The molecule has 0 unspecified atom stereocenters. The van der Waals surface area contributed by atoms with Crippen LogP contribution in [-0.4, -0.2) is 71.1 Å². The van der Waals surface area contributed by atoms with Gasteiger partial charge in [0.05, 0.1) is 12.2 Å². The molecule has 0 radical (unpaired) electrons. The molecule has 0 N–H and O–H groups in total. The maximum absolute atomic E-state index is 14.0. The third kappa shape index (κ3) is 4.78. The number of para-hydroxylation sites is 1. The van der Waals surface area contributed by atoms with Crippen molar-refractivity contribution in [3.05, 3.63) is 48.3 Å². The number of imidazole rings is 1. The molecule has 0 aliphatic carbocycles. The summed E-state index contributed by atoms with van der Waals surface area (Å²) < 4.78 is 16.2. The van der Waals surface area contributed by atoms with Crippen molar-refractivity contribution >= 4 is 11.6 Å². The Morgan fingerprint density at radius 1 is 1.17 bits per heavy atom. The number of carbonyl (C=O) groups excluding carboxylic acids is 1. The molecular weight excluding hydrogens is 369 g/mol. The van der Waals surface area contributed by atoms with Crippen LogP contribution < -0.4 is 4.90 Å². The number of benzene rings is 1. The molecule has 1 aromatic heterocycles. The van der Waals surface area contributed by atoms with Gasteiger partial charge in [0.25, 0.3) is 0 Å². The highest BCUT2D eigenvalue weighted by Gasteiger charge is 2.26. The van der Waals surface area contributed by atoms with Gasteiger partial charge in [-0.05, 0) is 44.4 Å². The Morgan fingerprint density at radius 3 is 2.69 bits per heavy atom. The number of amides is 1. The predicted molar refractivity (Wildman–Crippen MR) is 111 cm³/mol. The van der Waals surface area contributed by atoms with Crippen molar-refractivity contribution in [2.24, 2.45) is 5.92 Å². The van der Waals surface area contributed by atoms with Gasteiger partial charge in [-0.2, -0.15) is 0 Å². The minimum atomic E-state index is -0.195. The summed E-state index contributed by atoms with van der Waals surface area (Å²) in [7, 11) is 0. The van der Waals surface area contributed by atoms with Crippen molar-refractivity contribution in [3.8, 4) is 0 Å². The molecule has 0 bridgehead atoms. The Kier molecular flexibility index (Phi) is 6.13. The van der Waals surface area contributed by atoms with E-state index in [9.17, 15) is 9.18 Å². The monoisotopic (exact) mass is 399 g/mol. The first kappa shape index (κ1) is 19.9. The van der Waals surface area contributed by atoms with Crippen LogP contribution in [0.15, 0.2) is 36.7 Å². The molecule has 2 saturated heterocycles. The lowest BCUT2D eigenvalue weighted by molar-refractivity contribution is -0.133. The Bertz CT molecular complexity index is 830. The Hall–Kier alpha value is -2.41. The first-order chi connectivity index (χ1) is 14.1. The third-order valence-corrected chi connectivity index (χ3v) is 6.17. The Balaban J connectivity index is 1.26. The highest BCUT2D eigenvalue weighted by Crippen LogP contribution is 2.21. The smallest absolute Gasteiger partial charge is 0.236 e. The van der Waals surface area contributed by atoms with Crippen LogP contribution in [0.5, 0.6) is 0 Å². The normalized spacial score (nSPS) is 20.8. The molecule has 2 aromatic rings. The van der Waals surface area contributed by atoms with Crippen molar-refractivity contribution in [1.82, 2.24) is 19.4 Å². The number of piperazine rings is 1.